The first-order chi connectivity index (χ1) is 21.7. The number of nitrogen functional groups attached to an aromatic ring is 1. The first kappa shape index (κ1) is 32.3. The SMILES string of the molecule is Cc1ccc(S(=O)(=O)C(C)(C)C(=O)c2ccc(S(=O)(=O)Oc3ccc(N)cc3-c3ccc(C(=O)c4ccccc4)cc3)cc2)cc1. The summed E-state index contributed by atoms with van der Waals surface area (Å²) in [6.45, 7) is 4.48. The van der Waals surface area contributed by atoms with Crippen LogP contribution >= 0.6 is 0 Å². The lowest BCUT2D eigenvalue weighted by molar-refractivity contribution is 0.0953. The van der Waals surface area contributed by atoms with Crippen LogP contribution in [0.2, 0.25) is 0 Å². The Morgan fingerprint density at radius 1 is 0.652 bits per heavy atom. The minimum Gasteiger partial charge on any atom is -0.399 e. The second-order valence-corrected chi connectivity index (χ2v) is 15.3. The van der Waals surface area contributed by atoms with Crippen molar-refractivity contribution in [2.75, 3.05) is 5.73 Å². The summed E-state index contributed by atoms with van der Waals surface area (Å²) < 4.78 is 57.1. The van der Waals surface area contributed by atoms with Crippen molar-refractivity contribution in [1.82, 2.24) is 0 Å². The Hall–Kier alpha value is -5.06. The Balaban J connectivity index is 1.38. The summed E-state index contributed by atoms with van der Waals surface area (Å²) in [4.78, 5) is 26.0. The number of Topliss-reactive ketones (excluding diaryl/α,β-unsaturated/α-hetero) is 1. The lowest BCUT2D eigenvalue weighted by atomic mass is 9.99. The van der Waals surface area contributed by atoms with Gasteiger partial charge in [-0.15, -0.1) is 0 Å². The summed E-state index contributed by atoms with van der Waals surface area (Å²) in [6.07, 6.45) is 0. The highest BCUT2D eigenvalue weighted by atomic mass is 32.2. The molecule has 0 unspecified atom stereocenters. The van der Waals surface area contributed by atoms with E-state index in [9.17, 15) is 26.4 Å². The molecule has 0 aromatic heterocycles. The fourth-order valence-electron chi connectivity index (χ4n) is 4.82. The maximum Gasteiger partial charge on any atom is 0.339 e. The van der Waals surface area contributed by atoms with Crippen molar-refractivity contribution >= 4 is 37.2 Å². The first-order valence-electron chi connectivity index (χ1n) is 14.2. The number of ketones is 2. The number of nitrogens with two attached hydrogens (primary N) is 1. The van der Waals surface area contributed by atoms with Gasteiger partial charge in [0.2, 0.25) is 0 Å². The van der Waals surface area contributed by atoms with E-state index in [2.05, 4.69) is 0 Å². The van der Waals surface area contributed by atoms with Gasteiger partial charge < -0.3 is 9.92 Å². The molecule has 5 aromatic rings. The van der Waals surface area contributed by atoms with Crippen molar-refractivity contribution in [2.45, 2.75) is 35.3 Å². The Kier molecular flexibility index (Phi) is 8.70. The number of benzene rings is 5. The number of hydrogen-bond acceptors (Lipinski definition) is 8. The number of carbonyl (C=O) groups excluding carboxylic acids is 2. The van der Waals surface area contributed by atoms with E-state index in [0.717, 1.165) is 5.56 Å². The van der Waals surface area contributed by atoms with Crippen molar-refractivity contribution < 1.29 is 30.6 Å². The number of sulfone groups is 1. The van der Waals surface area contributed by atoms with E-state index in [1.54, 1.807) is 66.7 Å². The maximum absolute atomic E-state index is 13.4. The van der Waals surface area contributed by atoms with Gasteiger partial charge in [-0.3, -0.25) is 9.59 Å². The van der Waals surface area contributed by atoms with E-state index in [-0.39, 0.29) is 26.9 Å². The molecule has 46 heavy (non-hydrogen) atoms. The summed E-state index contributed by atoms with van der Waals surface area (Å²) in [7, 11) is -8.45. The molecule has 8 nitrogen and oxygen atoms in total. The van der Waals surface area contributed by atoms with Gasteiger partial charge in [0.25, 0.3) is 0 Å². The number of aryl methyl sites for hydroxylation is 1. The molecule has 0 aliphatic rings. The molecule has 234 valence electrons. The van der Waals surface area contributed by atoms with E-state index in [1.807, 2.05) is 13.0 Å². The van der Waals surface area contributed by atoms with Gasteiger partial charge in [-0.05, 0) is 80.9 Å². The zero-order valence-corrected chi connectivity index (χ0v) is 26.9. The van der Waals surface area contributed by atoms with Crippen LogP contribution in [0.3, 0.4) is 0 Å². The van der Waals surface area contributed by atoms with Crippen molar-refractivity contribution in [3.05, 3.63) is 144 Å². The van der Waals surface area contributed by atoms with E-state index in [0.29, 0.717) is 27.9 Å². The number of rotatable bonds is 10. The van der Waals surface area contributed by atoms with Crippen LogP contribution in [0.5, 0.6) is 5.75 Å². The molecule has 0 bridgehead atoms. The molecule has 5 rings (SSSR count). The molecule has 5 aromatic carbocycles. The Bertz CT molecular complexity index is 2140. The van der Waals surface area contributed by atoms with Crippen LogP contribution in [0, 0.1) is 6.92 Å². The molecule has 0 amide bonds. The zero-order chi connectivity index (χ0) is 33.3. The molecular formula is C36H31NO7S2. The van der Waals surface area contributed by atoms with Crippen molar-refractivity contribution in [3.63, 3.8) is 0 Å². The fourth-order valence-corrected chi connectivity index (χ4v) is 7.22. The topological polar surface area (TPSA) is 138 Å². The highest BCUT2D eigenvalue weighted by Gasteiger charge is 2.43. The molecule has 0 aliphatic carbocycles. The average Bonchev–Trinajstić information content (AvgIpc) is 3.05. The lowest BCUT2D eigenvalue weighted by Gasteiger charge is -2.23. The van der Waals surface area contributed by atoms with E-state index in [1.165, 1.54) is 62.4 Å². The van der Waals surface area contributed by atoms with Crippen molar-refractivity contribution in [3.8, 4) is 16.9 Å². The standard InChI is InChI=1S/C36H31NO7S2/c1-24-9-18-30(19-10-24)45(40,41)36(2,3)35(39)28-15-20-31(21-16-28)46(42,43)44-33-22-17-29(37)23-32(33)25-11-13-27(14-12-25)34(38)26-7-5-4-6-8-26/h4-23H,37H2,1-3H3. The molecular weight excluding hydrogens is 623 g/mol. The first-order valence-corrected chi connectivity index (χ1v) is 17.1. The van der Waals surface area contributed by atoms with Crippen LogP contribution in [0.1, 0.15) is 45.7 Å². The third kappa shape index (κ3) is 6.35. The molecule has 0 saturated heterocycles. The molecule has 0 atom stereocenters. The van der Waals surface area contributed by atoms with Gasteiger partial charge in [0, 0.05) is 27.9 Å². The van der Waals surface area contributed by atoms with Gasteiger partial charge in [0.15, 0.2) is 27.2 Å². The summed E-state index contributed by atoms with van der Waals surface area (Å²) in [5.41, 5.74) is 9.24. The monoisotopic (exact) mass is 653 g/mol. The molecule has 0 aliphatic heterocycles. The molecule has 0 radical (unpaired) electrons. The maximum atomic E-state index is 13.4. The number of anilines is 1. The van der Waals surface area contributed by atoms with Crippen LogP contribution in [-0.4, -0.2) is 33.1 Å². The van der Waals surface area contributed by atoms with Crippen LogP contribution in [0.4, 0.5) is 5.69 Å². The minimum atomic E-state index is -4.39. The van der Waals surface area contributed by atoms with E-state index in [4.69, 9.17) is 9.92 Å². The Morgan fingerprint density at radius 2 is 1.20 bits per heavy atom. The lowest BCUT2D eigenvalue weighted by Crippen LogP contribution is -2.40. The normalized spacial score (nSPS) is 12.0. The van der Waals surface area contributed by atoms with Crippen LogP contribution in [0.25, 0.3) is 11.1 Å². The molecule has 0 spiro atoms. The van der Waals surface area contributed by atoms with Gasteiger partial charge in [-0.2, -0.15) is 8.42 Å². The molecule has 0 heterocycles. The summed E-state index contributed by atoms with van der Waals surface area (Å²) >= 11 is 0. The van der Waals surface area contributed by atoms with Crippen LogP contribution in [-0.2, 0) is 20.0 Å². The second-order valence-electron chi connectivity index (χ2n) is 11.2. The number of carbonyl (C=O) groups is 2. The number of hydrogen-bond donors (Lipinski definition) is 1. The molecule has 2 N–H and O–H groups in total. The third-order valence-corrected chi connectivity index (χ3v) is 11.3. The highest BCUT2D eigenvalue weighted by molar-refractivity contribution is 7.93. The van der Waals surface area contributed by atoms with Gasteiger partial charge in [-0.25, -0.2) is 8.42 Å². The predicted molar refractivity (Wildman–Crippen MR) is 177 cm³/mol. The quantitative estimate of drug-likeness (QED) is 0.100. The van der Waals surface area contributed by atoms with Crippen LogP contribution < -0.4 is 9.92 Å². The van der Waals surface area contributed by atoms with E-state index < -0.39 is 30.5 Å². The zero-order valence-electron chi connectivity index (χ0n) is 25.3. The summed E-state index contributed by atoms with van der Waals surface area (Å²) in [5.74, 6) is -0.841. The summed E-state index contributed by atoms with van der Waals surface area (Å²) in [5, 5.41) is 0. The predicted octanol–water partition coefficient (Wildman–Crippen LogP) is 6.68. The smallest absolute Gasteiger partial charge is 0.339 e. The molecule has 0 fully saturated rings. The fraction of sp³-hybridized carbons (Fsp3) is 0.111. The van der Waals surface area contributed by atoms with Crippen molar-refractivity contribution in [2.24, 2.45) is 0 Å². The van der Waals surface area contributed by atoms with Gasteiger partial charge in [-0.1, -0.05) is 72.3 Å². The van der Waals surface area contributed by atoms with Crippen LogP contribution in [0.15, 0.2) is 131 Å². The average molecular weight is 654 g/mol. The second kappa shape index (κ2) is 12.4. The molecule has 10 heteroatoms. The van der Waals surface area contributed by atoms with Gasteiger partial charge >= 0.3 is 10.1 Å². The van der Waals surface area contributed by atoms with Gasteiger partial charge in [0.1, 0.15) is 9.64 Å². The van der Waals surface area contributed by atoms with Crippen molar-refractivity contribution in [1.29, 1.82) is 0 Å². The Morgan fingerprint density at radius 3 is 1.80 bits per heavy atom. The largest absolute Gasteiger partial charge is 0.399 e. The van der Waals surface area contributed by atoms with Gasteiger partial charge in [0.05, 0.1) is 4.90 Å². The molecule has 0 saturated carbocycles. The third-order valence-electron chi connectivity index (χ3n) is 7.65. The van der Waals surface area contributed by atoms with E-state index >= 15 is 0 Å². The minimum absolute atomic E-state index is 0.00168. The summed E-state index contributed by atoms with van der Waals surface area (Å²) in [6, 6.07) is 31.1. The Labute approximate surface area is 268 Å². The highest BCUT2D eigenvalue weighted by Crippen LogP contribution is 2.35.